The van der Waals surface area contributed by atoms with Gasteiger partial charge in [0.05, 0.1) is 22.2 Å². The van der Waals surface area contributed by atoms with Gasteiger partial charge in [0.1, 0.15) is 6.61 Å². The molecule has 32 heavy (non-hydrogen) atoms. The number of nitrogens with zero attached hydrogens (tertiary/aromatic N) is 1. The number of amides is 1. The maximum atomic E-state index is 13.1. The molecule has 3 aromatic rings. The molecule has 162 valence electrons. The van der Waals surface area contributed by atoms with Crippen LogP contribution in [0.25, 0.3) is 6.08 Å². The monoisotopic (exact) mass is 525 g/mol. The van der Waals surface area contributed by atoms with Crippen LogP contribution in [0.1, 0.15) is 16.7 Å². The number of carbonyl (C=O) groups is 1. The largest absolute Gasteiger partial charge is 0.493 e. The number of thiocarbonyl (C=S) groups is 1. The van der Waals surface area contributed by atoms with E-state index >= 15 is 0 Å². The van der Waals surface area contributed by atoms with Gasteiger partial charge in [0.2, 0.25) is 0 Å². The van der Waals surface area contributed by atoms with Crippen molar-refractivity contribution in [1.29, 1.82) is 0 Å². The number of hydrogen-bond donors (Lipinski definition) is 0. The predicted molar refractivity (Wildman–Crippen MR) is 138 cm³/mol. The molecule has 0 aromatic heterocycles. The molecule has 1 aliphatic rings. The Bertz CT molecular complexity index is 1190. The molecule has 0 saturated carbocycles. The molecule has 1 heterocycles. The number of benzene rings is 3. The molecule has 0 N–H and O–H groups in total. The highest BCUT2D eigenvalue weighted by atomic mass is 79.9. The minimum absolute atomic E-state index is 0.136. The Kier molecular flexibility index (Phi) is 6.98. The molecule has 0 unspecified atom stereocenters. The van der Waals surface area contributed by atoms with Crippen LogP contribution in [-0.4, -0.2) is 17.3 Å². The fourth-order valence-electron chi connectivity index (χ4n) is 3.23. The van der Waals surface area contributed by atoms with Gasteiger partial charge in [-0.15, -0.1) is 0 Å². The smallest absolute Gasteiger partial charge is 0.270 e. The Hall–Kier alpha value is -2.61. The zero-order valence-electron chi connectivity index (χ0n) is 17.5. The summed E-state index contributed by atoms with van der Waals surface area (Å²) in [7, 11) is 1.60. The Morgan fingerprint density at radius 3 is 2.50 bits per heavy atom. The van der Waals surface area contributed by atoms with E-state index in [9.17, 15) is 4.79 Å². The van der Waals surface area contributed by atoms with Crippen molar-refractivity contribution in [2.24, 2.45) is 0 Å². The van der Waals surface area contributed by atoms with Crippen LogP contribution in [0.15, 0.2) is 76.1 Å². The minimum Gasteiger partial charge on any atom is -0.493 e. The van der Waals surface area contributed by atoms with Crippen molar-refractivity contribution in [2.45, 2.75) is 13.5 Å². The average Bonchev–Trinajstić information content (AvgIpc) is 3.06. The van der Waals surface area contributed by atoms with Gasteiger partial charge in [-0.1, -0.05) is 72.0 Å². The van der Waals surface area contributed by atoms with E-state index < -0.39 is 0 Å². The summed E-state index contributed by atoms with van der Waals surface area (Å²) >= 11 is 10.3. The number of aryl methyl sites for hydroxylation is 1. The lowest BCUT2D eigenvalue weighted by Gasteiger charge is -2.15. The van der Waals surface area contributed by atoms with Gasteiger partial charge < -0.3 is 9.47 Å². The molecule has 0 bridgehead atoms. The summed E-state index contributed by atoms with van der Waals surface area (Å²) < 4.78 is 12.8. The molecule has 0 spiro atoms. The summed E-state index contributed by atoms with van der Waals surface area (Å²) in [6.07, 6.45) is 1.82. The van der Waals surface area contributed by atoms with Crippen LogP contribution in [0.5, 0.6) is 11.5 Å². The van der Waals surface area contributed by atoms with E-state index in [1.54, 1.807) is 12.0 Å². The van der Waals surface area contributed by atoms with E-state index in [1.807, 2.05) is 79.7 Å². The first kappa shape index (κ1) is 22.6. The number of carbonyl (C=O) groups excluding carboxylic acids is 1. The molecule has 1 fully saturated rings. The zero-order valence-corrected chi connectivity index (χ0v) is 20.7. The molecule has 7 heteroatoms. The molecule has 1 amide bonds. The predicted octanol–water partition coefficient (Wildman–Crippen LogP) is 6.75. The summed E-state index contributed by atoms with van der Waals surface area (Å²) in [4.78, 5) is 15.2. The highest BCUT2D eigenvalue weighted by Crippen LogP contribution is 2.40. The van der Waals surface area contributed by atoms with Gasteiger partial charge in [0, 0.05) is 0 Å². The lowest BCUT2D eigenvalue weighted by Crippen LogP contribution is -2.27. The van der Waals surface area contributed by atoms with E-state index in [4.69, 9.17) is 21.7 Å². The van der Waals surface area contributed by atoms with Gasteiger partial charge in [0.15, 0.2) is 15.8 Å². The van der Waals surface area contributed by atoms with E-state index in [0.717, 1.165) is 26.9 Å². The summed E-state index contributed by atoms with van der Waals surface area (Å²) in [5.74, 6) is 1.06. The Morgan fingerprint density at radius 1 is 1.09 bits per heavy atom. The molecule has 0 aliphatic carbocycles. The molecule has 3 aromatic carbocycles. The normalized spacial score (nSPS) is 14.8. The third-order valence-corrected chi connectivity index (χ3v) is 6.75. The first-order valence-corrected chi connectivity index (χ1v) is 11.9. The van der Waals surface area contributed by atoms with Gasteiger partial charge in [-0.3, -0.25) is 9.69 Å². The molecule has 4 nitrogen and oxygen atoms in total. The van der Waals surface area contributed by atoms with Crippen molar-refractivity contribution in [1.82, 2.24) is 0 Å². The van der Waals surface area contributed by atoms with Crippen LogP contribution in [0.2, 0.25) is 0 Å². The van der Waals surface area contributed by atoms with Gasteiger partial charge in [0.25, 0.3) is 5.91 Å². The SMILES string of the molecule is COc1cc(/C=C2\SC(=S)N(c3ccc(C)cc3)C2=O)cc(Br)c1OCc1ccccc1. The Balaban J connectivity index is 1.58. The maximum absolute atomic E-state index is 13.1. The number of anilines is 1. The minimum atomic E-state index is -0.136. The van der Waals surface area contributed by atoms with E-state index in [1.165, 1.54) is 11.8 Å². The van der Waals surface area contributed by atoms with Gasteiger partial charge in [-0.25, -0.2) is 0 Å². The molecular formula is C25H20BrNO3S2. The van der Waals surface area contributed by atoms with Crippen molar-refractivity contribution in [3.05, 3.63) is 92.8 Å². The number of rotatable bonds is 6. The number of ether oxygens (including phenoxy) is 2. The van der Waals surface area contributed by atoms with Gasteiger partial charge in [-0.2, -0.15) is 0 Å². The molecule has 0 radical (unpaired) electrons. The standard InChI is InChI=1S/C25H20BrNO3S2/c1-16-8-10-19(11-9-16)27-24(28)22(32-25(27)31)14-18-12-20(26)23(21(13-18)29-2)30-15-17-6-4-3-5-7-17/h3-14H,15H2,1-2H3/b22-14-. The second kappa shape index (κ2) is 9.90. The van der Waals surface area contributed by atoms with Crippen molar-refractivity contribution >= 4 is 61.9 Å². The fraction of sp³-hybridized carbons (Fsp3) is 0.120. The van der Waals surface area contributed by atoms with Crippen LogP contribution in [-0.2, 0) is 11.4 Å². The third-order valence-electron chi connectivity index (χ3n) is 4.86. The molecular weight excluding hydrogens is 506 g/mol. The lowest BCUT2D eigenvalue weighted by atomic mass is 10.1. The van der Waals surface area contributed by atoms with E-state index in [-0.39, 0.29) is 5.91 Å². The number of halogens is 1. The van der Waals surface area contributed by atoms with Crippen LogP contribution in [0, 0.1) is 6.92 Å². The highest BCUT2D eigenvalue weighted by Gasteiger charge is 2.33. The lowest BCUT2D eigenvalue weighted by molar-refractivity contribution is -0.113. The van der Waals surface area contributed by atoms with Crippen LogP contribution in [0.3, 0.4) is 0 Å². The summed E-state index contributed by atoms with van der Waals surface area (Å²) in [5, 5.41) is 0. The zero-order chi connectivity index (χ0) is 22.7. The maximum Gasteiger partial charge on any atom is 0.270 e. The summed E-state index contributed by atoms with van der Waals surface area (Å²) in [6.45, 7) is 2.43. The van der Waals surface area contributed by atoms with Crippen LogP contribution >= 0.6 is 39.9 Å². The highest BCUT2D eigenvalue weighted by molar-refractivity contribution is 9.10. The van der Waals surface area contributed by atoms with E-state index in [0.29, 0.717) is 27.3 Å². The number of thioether (sulfide) groups is 1. The third kappa shape index (κ3) is 4.90. The Labute approximate surface area is 205 Å². The molecule has 1 aliphatic heterocycles. The Morgan fingerprint density at radius 2 is 1.81 bits per heavy atom. The second-order valence-corrected chi connectivity index (χ2v) is 9.69. The van der Waals surface area contributed by atoms with Gasteiger partial charge >= 0.3 is 0 Å². The molecule has 1 saturated heterocycles. The second-order valence-electron chi connectivity index (χ2n) is 7.16. The topological polar surface area (TPSA) is 38.8 Å². The summed E-state index contributed by atoms with van der Waals surface area (Å²) in [6, 6.07) is 21.4. The van der Waals surface area contributed by atoms with Crippen LogP contribution < -0.4 is 14.4 Å². The first-order chi connectivity index (χ1) is 15.5. The fourth-order valence-corrected chi connectivity index (χ4v) is 5.10. The van der Waals surface area contributed by atoms with Gasteiger partial charge in [-0.05, 0) is 64.3 Å². The van der Waals surface area contributed by atoms with Crippen molar-refractivity contribution < 1.29 is 14.3 Å². The summed E-state index contributed by atoms with van der Waals surface area (Å²) in [5.41, 5.74) is 3.77. The first-order valence-electron chi connectivity index (χ1n) is 9.85. The molecule has 0 atom stereocenters. The van der Waals surface area contributed by atoms with Crippen molar-refractivity contribution in [2.75, 3.05) is 12.0 Å². The molecule has 4 rings (SSSR count). The van der Waals surface area contributed by atoms with Crippen LogP contribution in [0.4, 0.5) is 5.69 Å². The number of methoxy groups -OCH3 is 1. The van der Waals surface area contributed by atoms with Crippen molar-refractivity contribution in [3.63, 3.8) is 0 Å². The quantitative estimate of drug-likeness (QED) is 0.263. The van der Waals surface area contributed by atoms with E-state index in [2.05, 4.69) is 15.9 Å². The average molecular weight is 526 g/mol. The number of hydrogen-bond acceptors (Lipinski definition) is 5. The van der Waals surface area contributed by atoms with Crippen molar-refractivity contribution in [3.8, 4) is 11.5 Å².